The van der Waals surface area contributed by atoms with Crippen LogP contribution in [0.5, 0.6) is 0 Å². The average Bonchev–Trinajstić information content (AvgIpc) is 2.51. The van der Waals surface area contributed by atoms with Crippen molar-refractivity contribution in [2.24, 2.45) is 5.73 Å². The standard InChI is InChI=1S/C12H15BrFN/c13-11-4-2-1-3-9(11)7-12(14)6-5-10(15)8-12/h1-4,10H,5-8,15H2. The van der Waals surface area contributed by atoms with Crippen molar-refractivity contribution in [2.75, 3.05) is 0 Å². The Kier molecular flexibility index (Phi) is 3.12. The Morgan fingerprint density at radius 2 is 2.20 bits per heavy atom. The molecule has 0 saturated heterocycles. The van der Waals surface area contributed by atoms with E-state index in [-0.39, 0.29) is 6.04 Å². The Hall–Kier alpha value is -0.410. The van der Waals surface area contributed by atoms with Gasteiger partial charge in [-0.05, 0) is 30.9 Å². The van der Waals surface area contributed by atoms with Gasteiger partial charge in [-0.1, -0.05) is 34.1 Å². The maximum atomic E-state index is 14.3. The number of benzene rings is 1. The fourth-order valence-corrected chi connectivity index (χ4v) is 2.69. The summed E-state index contributed by atoms with van der Waals surface area (Å²) in [5.41, 5.74) is 5.69. The first-order valence-corrected chi connectivity index (χ1v) is 6.06. The molecule has 2 unspecified atom stereocenters. The minimum atomic E-state index is -1.09. The van der Waals surface area contributed by atoms with E-state index in [0.29, 0.717) is 19.3 Å². The largest absolute Gasteiger partial charge is 0.328 e. The van der Waals surface area contributed by atoms with Crippen molar-refractivity contribution >= 4 is 15.9 Å². The maximum Gasteiger partial charge on any atom is 0.116 e. The molecule has 1 aliphatic carbocycles. The molecule has 0 aliphatic heterocycles. The summed E-state index contributed by atoms with van der Waals surface area (Å²) in [5.74, 6) is 0. The molecule has 15 heavy (non-hydrogen) atoms. The molecular formula is C12H15BrFN. The van der Waals surface area contributed by atoms with Crippen LogP contribution < -0.4 is 5.73 Å². The van der Waals surface area contributed by atoms with Gasteiger partial charge in [0.05, 0.1) is 0 Å². The van der Waals surface area contributed by atoms with Gasteiger partial charge >= 0.3 is 0 Å². The van der Waals surface area contributed by atoms with Gasteiger partial charge in [0.2, 0.25) is 0 Å². The molecule has 0 radical (unpaired) electrons. The van der Waals surface area contributed by atoms with Crippen LogP contribution in [0.2, 0.25) is 0 Å². The van der Waals surface area contributed by atoms with E-state index in [2.05, 4.69) is 15.9 Å². The van der Waals surface area contributed by atoms with Crippen LogP contribution >= 0.6 is 15.9 Å². The third-order valence-corrected chi connectivity index (χ3v) is 3.83. The monoisotopic (exact) mass is 271 g/mol. The Bertz CT molecular complexity index is 355. The van der Waals surface area contributed by atoms with Crippen molar-refractivity contribution in [3.8, 4) is 0 Å². The number of hydrogen-bond acceptors (Lipinski definition) is 1. The number of halogens is 2. The summed E-state index contributed by atoms with van der Waals surface area (Å²) in [4.78, 5) is 0. The molecule has 1 aliphatic rings. The Morgan fingerprint density at radius 3 is 2.80 bits per heavy atom. The molecule has 0 heterocycles. The Morgan fingerprint density at radius 1 is 1.47 bits per heavy atom. The van der Waals surface area contributed by atoms with Crippen LogP contribution in [0.4, 0.5) is 4.39 Å². The highest BCUT2D eigenvalue weighted by Crippen LogP contribution is 2.37. The molecule has 1 fully saturated rings. The predicted octanol–water partition coefficient (Wildman–Crippen LogP) is 3.21. The van der Waals surface area contributed by atoms with Crippen molar-refractivity contribution in [3.05, 3.63) is 34.3 Å². The molecule has 2 atom stereocenters. The number of alkyl halides is 1. The lowest BCUT2D eigenvalue weighted by molar-refractivity contribution is 0.170. The summed E-state index contributed by atoms with van der Waals surface area (Å²) in [6.07, 6.45) is 2.37. The fraction of sp³-hybridized carbons (Fsp3) is 0.500. The average molecular weight is 272 g/mol. The summed E-state index contributed by atoms with van der Waals surface area (Å²) in [6.45, 7) is 0. The van der Waals surface area contributed by atoms with Crippen LogP contribution in [-0.4, -0.2) is 11.7 Å². The molecule has 1 aromatic carbocycles. The normalized spacial score (nSPS) is 30.7. The van der Waals surface area contributed by atoms with Crippen LogP contribution in [0.25, 0.3) is 0 Å². The molecule has 2 N–H and O–H groups in total. The van der Waals surface area contributed by atoms with Gasteiger partial charge in [0.25, 0.3) is 0 Å². The lowest BCUT2D eigenvalue weighted by Crippen LogP contribution is -2.25. The molecule has 3 heteroatoms. The van der Waals surface area contributed by atoms with Crippen LogP contribution in [0.1, 0.15) is 24.8 Å². The summed E-state index contributed by atoms with van der Waals surface area (Å²) < 4.78 is 15.3. The zero-order valence-electron chi connectivity index (χ0n) is 8.55. The highest BCUT2D eigenvalue weighted by atomic mass is 79.9. The Balaban J connectivity index is 2.12. The van der Waals surface area contributed by atoms with Crippen molar-refractivity contribution in [2.45, 2.75) is 37.4 Å². The molecule has 1 saturated carbocycles. The van der Waals surface area contributed by atoms with Gasteiger partial charge < -0.3 is 5.73 Å². The summed E-state index contributed by atoms with van der Waals surface area (Å²) in [7, 11) is 0. The number of rotatable bonds is 2. The van der Waals surface area contributed by atoms with Crippen molar-refractivity contribution in [1.82, 2.24) is 0 Å². The second-order valence-electron chi connectivity index (χ2n) is 4.42. The molecule has 1 nitrogen and oxygen atoms in total. The molecular weight excluding hydrogens is 257 g/mol. The van der Waals surface area contributed by atoms with E-state index in [9.17, 15) is 4.39 Å². The zero-order chi connectivity index (χ0) is 10.9. The third-order valence-electron chi connectivity index (χ3n) is 3.06. The van der Waals surface area contributed by atoms with Crippen molar-refractivity contribution in [3.63, 3.8) is 0 Å². The van der Waals surface area contributed by atoms with Crippen LogP contribution in [0.15, 0.2) is 28.7 Å². The molecule has 0 amide bonds. The lowest BCUT2D eigenvalue weighted by atomic mass is 9.94. The van der Waals surface area contributed by atoms with Crippen LogP contribution in [-0.2, 0) is 6.42 Å². The third kappa shape index (κ3) is 2.58. The van der Waals surface area contributed by atoms with E-state index in [0.717, 1.165) is 16.5 Å². The van der Waals surface area contributed by atoms with Crippen molar-refractivity contribution < 1.29 is 4.39 Å². The molecule has 1 aromatic rings. The van der Waals surface area contributed by atoms with E-state index < -0.39 is 5.67 Å². The SMILES string of the molecule is NC1CCC(F)(Cc2ccccc2Br)C1. The number of hydrogen-bond donors (Lipinski definition) is 1. The van der Waals surface area contributed by atoms with Gasteiger partial charge in [-0.15, -0.1) is 0 Å². The second-order valence-corrected chi connectivity index (χ2v) is 5.28. The van der Waals surface area contributed by atoms with E-state index >= 15 is 0 Å². The maximum absolute atomic E-state index is 14.3. The predicted molar refractivity (Wildman–Crippen MR) is 63.5 cm³/mol. The lowest BCUT2D eigenvalue weighted by Gasteiger charge is -2.20. The quantitative estimate of drug-likeness (QED) is 0.879. The van der Waals surface area contributed by atoms with Gasteiger partial charge in [-0.2, -0.15) is 0 Å². The zero-order valence-corrected chi connectivity index (χ0v) is 10.1. The highest BCUT2D eigenvalue weighted by Gasteiger charge is 2.38. The van der Waals surface area contributed by atoms with E-state index in [4.69, 9.17) is 5.73 Å². The molecule has 2 rings (SSSR count). The van der Waals surface area contributed by atoms with Crippen LogP contribution in [0, 0.1) is 0 Å². The second kappa shape index (κ2) is 4.22. The summed E-state index contributed by atoms with van der Waals surface area (Å²) in [5, 5.41) is 0. The molecule has 0 aromatic heterocycles. The minimum absolute atomic E-state index is 0.0393. The molecule has 0 spiro atoms. The van der Waals surface area contributed by atoms with E-state index in [1.54, 1.807) is 0 Å². The molecule has 82 valence electrons. The fourth-order valence-electron chi connectivity index (χ4n) is 2.26. The van der Waals surface area contributed by atoms with Gasteiger partial charge in [-0.3, -0.25) is 0 Å². The van der Waals surface area contributed by atoms with Gasteiger partial charge in [0, 0.05) is 16.9 Å². The van der Waals surface area contributed by atoms with Gasteiger partial charge in [0.1, 0.15) is 5.67 Å². The Labute approximate surface area is 98.0 Å². The topological polar surface area (TPSA) is 26.0 Å². The highest BCUT2D eigenvalue weighted by molar-refractivity contribution is 9.10. The smallest absolute Gasteiger partial charge is 0.116 e. The van der Waals surface area contributed by atoms with Gasteiger partial charge in [-0.25, -0.2) is 4.39 Å². The van der Waals surface area contributed by atoms with E-state index in [1.165, 1.54) is 0 Å². The van der Waals surface area contributed by atoms with Gasteiger partial charge in [0.15, 0.2) is 0 Å². The first-order chi connectivity index (χ1) is 7.09. The first-order valence-electron chi connectivity index (χ1n) is 5.27. The van der Waals surface area contributed by atoms with Crippen LogP contribution in [0.3, 0.4) is 0 Å². The van der Waals surface area contributed by atoms with Crippen molar-refractivity contribution in [1.29, 1.82) is 0 Å². The summed E-state index contributed by atoms with van der Waals surface area (Å²) in [6, 6.07) is 7.84. The first kappa shape index (κ1) is 11.1. The van der Waals surface area contributed by atoms with E-state index in [1.807, 2.05) is 24.3 Å². The minimum Gasteiger partial charge on any atom is -0.328 e. The molecule has 0 bridgehead atoms. The number of nitrogens with two attached hydrogens (primary N) is 1. The summed E-state index contributed by atoms with van der Waals surface area (Å²) >= 11 is 3.44.